The van der Waals surface area contributed by atoms with E-state index in [1.54, 1.807) is 20.0 Å². The molecule has 5 unspecified atom stereocenters. The number of nitrogens with two attached hydrogens (primary N) is 1. The van der Waals surface area contributed by atoms with Crippen LogP contribution >= 0.6 is 0 Å². The zero-order valence-electron chi connectivity index (χ0n) is 20.5. The van der Waals surface area contributed by atoms with Gasteiger partial charge in [0.05, 0.1) is 18.8 Å². The maximum Gasteiger partial charge on any atom is 0.326 e. The second kappa shape index (κ2) is 13.0. The summed E-state index contributed by atoms with van der Waals surface area (Å²) in [5.41, 5.74) is 7.71. The Balaban J connectivity index is 2.02. The molecule has 0 radical (unpaired) electrons. The maximum atomic E-state index is 12.7. The molecule has 5 atom stereocenters. The van der Waals surface area contributed by atoms with Gasteiger partial charge in [0.25, 0.3) is 0 Å². The lowest BCUT2D eigenvalue weighted by molar-refractivity contribution is -0.143. The van der Waals surface area contributed by atoms with Crippen LogP contribution in [0.5, 0.6) is 0 Å². The monoisotopic (exact) mass is 505 g/mol. The zero-order chi connectivity index (χ0) is 27.0. The number of nitrogens with one attached hydrogen (secondary N) is 4. The number of rotatable bonds is 13. The number of para-hydroxylation sites is 1. The first-order chi connectivity index (χ1) is 16.9. The summed E-state index contributed by atoms with van der Waals surface area (Å²) in [6.07, 6.45) is 0.664. The van der Waals surface area contributed by atoms with Crippen molar-refractivity contribution in [2.24, 2.45) is 11.7 Å². The summed E-state index contributed by atoms with van der Waals surface area (Å²) in [5, 5.41) is 36.9. The van der Waals surface area contributed by atoms with E-state index in [4.69, 9.17) is 5.73 Å². The molecule has 2 aromatic rings. The van der Waals surface area contributed by atoms with Crippen LogP contribution in [0.25, 0.3) is 10.9 Å². The molecule has 198 valence electrons. The van der Waals surface area contributed by atoms with Crippen molar-refractivity contribution in [2.45, 2.75) is 63.9 Å². The predicted octanol–water partition coefficient (Wildman–Crippen LogP) is -1.00. The molecule has 1 aromatic carbocycles. The molecule has 0 aliphatic rings. The van der Waals surface area contributed by atoms with E-state index in [-0.39, 0.29) is 18.8 Å². The van der Waals surface area contributed by atoms with Crippen molar-refractivity contribution in [2.75, 3.05) is 6.61 Å². The fraction of sp³-hybridized carbons (Fsp3) is 0.500. The van der Waals surface area contributed by atoms with E-state index in [1.807, 2.05) is 24.3 Å². The van der Waals surface area contributed by atoms with Gasteiger partial charge >= 0.3 is 5.97 Å². The molecule has 0 bridgehead atoms. The molecular weight excluding hydrogens is 470 g/mol. The van der Waals surface area contributed by atoms with Crippen LogP contribution in [0.2, 0.25) is 0 Å². The summed E-state index contributed by atoms with van der Waals surface area (Å²) >= 11 is 0. The molecule has 36 heavy (non-hydrogen) atoms. The number of fused-ring (bicyclic) bond motifs is 1. The van der Waals surface area contributed by atoms with E-state index >= 15 is 0 Å². The molecular formula is C24H35N5O7. The van der Waals surface area contributed by atoms with Gasteiger partial charge in [-0.3, -0.25) is 14.4 Å². The summed E-state index contributed by atoms with van der Waals surface area (Å²) in [5.74, 6) is -3.84. The van der Waals surface area contributed by atoms with E-state index in [9.17, 15) is 34.5 Å². The van der Waals surface area contributed by atoms with Crippen LogP contribution in [0.3, 0.4) is 0 Å². The minimum Gasteiger partial charge on any atom is -0.480 e. The van der Waals surface area contributed by atoms with Crippen molar-refractivity contribution in [1.29, 1.82) is 0 Å². The number of carbonyl (C=O) groups excluding carboxylic acids is 3. The van der Waals surface area contributed by atoms with Crippen molar-refractivity contribution in [1.82, 2.24) is 20.9 Å². The highest BCUT2D eigenvalue weighted by molar-refractivity contribution is 5.94. The number of carboxylic acids is 1. The Morgan fingerprint density at radius 2 is 1.61 bits per heavy atom. The first-order valence-electron chi connectivity index (χ1n) is 11.7. The van der Waals surface area contributed by atoms with Gasteiger partial charge in [-0.25, -0.2) is 4.79 Å². The maximum absolute atomic E-state index is 12.7. The topological polar surface area (TPSA) is 207 Å². The number of aliphatic hydroxyl groups excluding tert-OH is 2. The van der Waals surface area contributed by atoms with Crippen LogP contribution in [0.1, 0.15) is 32.8 Å². The van der Waals surface area contributed by atoms with Gasteiger partial charge in [-0.2, -0.15) is 0 Å². The van der Waals surface area contributed by atoms with E-state index in [0.29, 0.717) is 0 Å². The van der Waals surface area contributed by atoms with Crippen LogP contribution in [-0.4, -0.2) is 80.9 Å². The Kier molecular flexibility index (Phi) is 10.4. The molecule has 0 spiro atoms. The standard InChI is InChI=1S/C24H35N5O7/c1-12(2)8-18(24(35)36)27-23(34)20(13(3)31)29-22(33)19(11-30)28-21(32)16(25)9-14-10-26-17-7-5-4-6-15(14)17/h4-7,10,12-13,16,18-20,26,30-31H,8-9,11,25H2,1-3H3,(H,27,34)(H,28,32)(H,29,33)(H,35,36). The average Bonchev–Trinajstić information content (AvgIpc) is 3.22. The number of H-pyrrole nitrogens is 1. The lowest BCUT2D eigenvalue weighted by atomic mass is 10.0. The third-order valence-corrected chi connectivity index (χ3v) is 5.65. The fourth-order valence-electron chi connectivity index (χ4n) is 3.72. The number of hydrogen-bond donors (Lipinski definition) is 8. The molecule has 12 nitrogen and oxygen atoms in total. The predicted molar refractivity (Wildman–Crippen MR) is 132 cm³/mol. The van der Waals surface area contributed by atoms with Gasteiger partial charge in [0.1, 0.15) is 18.1 Å². The highest BCUT2D eigenvalue weighted by atomic mass is 16.4. The first kappa shape index (κ1) is 28.8. The van der Waals surface area contributed by atoms with Crippen molar-refractivity contribution >= 4 is 34.6 Å². The quantitative estimate of drug-likeness (QED) is 0.169. The molecule has 3 amide bonds. The van der Waals surface area contributed by atoms with Gasteiger partial charge in [-0.15, -0.1) is 0 Å². The Morgan fingerprint density at radius 1 is 0.972 bits per heavy atom. The van der Waals surface area contributed by atoms with Gasteiger partial charge in [-0.05, 0) is 37.3 Å². The number of carbonyl (C=O) groups is 4. The summed E-state index contributed by atoms with van der Waals surface area (Å²) in [6.45, 7) is 4.02. The molecule has 0 saturated carbocycles. The second-order valence-corrected chi connectivity index (χ2v) is 9.17. The molecule has 0 fully saturated rings. The molecule has 9 N–H and O–H groups in total. The van der Waals surface area contributed by atoms with Gasteiger partial charge in [0.2, 0.25) is 17.7 Å². The van der Waals surface area contributed by atoms with Crippen molar-refractivity contribution in [3.8, 4) is 0 Å². The summed E-state index contributed by atoms with van der Waals surface area (Å²) in [6, 6.07) is 2.27. The van der Waals surface area contributed by atoms with Crippen LogP contribution < -0.4 is 21.7 Å². The smallest absolute Gasteiger partial charge is 0.326 e. The van der Waals surface area contributed by atoms with Gasteiger partial charge in [0, 0.05) is 17.1 Å². The number of aromatic nitrogens is 1. The van der Waals surface area contributed by atoms with E-state index in [2.05, 4.69) is 20.9 Å². The normalized spacial score (nSPS) is 15.5. The zero-order valence-corrected chi connectivity index (χ0v) is 20.5. The van der Waals surface area contributed by atoms with Crippen LogP contribution in [0.4, 0.5) is 0 Å². The van der Waals surface area contributed by atoms with Crippen LogP contribution in [-0.2, 0) is 25.6 Å². The van der Waals surface area contributed by atoms with Crippen molar-refractivity contribution < 1.29 is 34.5 Å². The molecule has 1 aromatic heterocycles. The van der Waals surface area contributed by atoms with E-state index in [0.717, 1.165) is 16.5 Å². The molecule has 0 aliphatic carbocycles. The largest absolute Gasteiger partial charge is 0.480 e. The number of carboxylic acid groups (broad SMARTS) is 1. The Morgan fingerprint density at radius 3 is 2.19 bits per heavy atom. The van der Waals surface area contributed by atoms with Crippen LogP contribution in [0.15, 0.2) is 30.5 Å². The lowest BCUT2D eigenvalue weighted by Gasteiger charge is -2.26. The minimum atomic E-state index is -1.52. The first-order valence-corrected chi connectivity index (χ1v) is 11.7. The summed E-state index contributed by atoms with van der Waals surface area (Å²) < 4.78 is 0. The highest BCUT2D eigenvalue weighted by Crippen LogP contribution is 2.18. The van der Waals surface area contributed by atoms with Crippen molar-refractivity contribution in [3.63, 3.8) is 0 Å². The average molecular weight is 506 g/mol. The highest BCUT2D eigenvalue weighted by Gasteiger charge is 2.32. The number of aromatic amines is 1. The Labute approximate surface area is 208 Å². The molecule has 1 heterocycles. The van der Waals surface area contributed by atoms with Gasteiger partial charge < -0.3 is 42.0 Å². The Hall–Kier alpha value is -3.48. The SMILES string of the molecule is CC(C)CC(NC(=O)C(NC(=O)C(CO)NC(=O)C(N)Cc1c[nH]c2ccccc12)C(C)O)C(=O)O. The summed E-state index contributed by atoms with van der Waals surface area (Å²) in [7, 11) is 0. The summed E-state index contributed by atoms with van der Waals surface area (Å²) in [4.78, 5) is 52.5. The lowest BCUT2D eigenvalue weighted by Crippen LogP contribution is -2.60. The van der Waals surface area contributed by atoms with Crippen molar-refractivity contribution in [3.05, 3.63) is 36.0 Å². The molecule has 12 heteroatoms. The number of hydrogen-bond acceptors (Lipinski definition) is 7. The third kappa shape index (κ3) is 7.77. The number of benzene rings is 1. The minimum absolute atomic E-state index is 0.0339. The molecule has 0 aliphatic heterocycles. The van der Waals surface area contributed by atoms with E-state index < -0.39 is 60.6 Å². The Bertz CT molecular complexity index is 1070. The third-order valence-electron chi connectivity index (χ3n) is 5.65. The fourth-order valence-corrected chi connectivity index (χ4v) is 3.72. The number of aliphatic carboxylic acids is 1. The van der Waals surface area contributed by atoms with E-state index in [1.165, 1.54) is 6.92 Å². The van der Waals surface area contributed by atoms with Gasteiger partial charge in [-0.1, -0.05) is 32.0 Å². The molecule has 2 rings (SSSR count). The number of amides is 3. The van der Waals surface area contributed by atoms with Crippen LogP contribution in [0, 0.1) is 5.92 Å². The van der Waals surface area contributed by atoms with Gasteiger partial charge in [0.15, 0.2) is 0 Å². The number of aliphatic hydroxyl groups is 2. The second-order valence-electron chi connectivity index (χ2n) is 9.17. The molecule has 0 saturated heterocycles.